The molecule has 17 heavy (non-hydrogen) atoms. The van der Waals surface area contributed by atoms with Crippen molar-refractivity contribution in [3.63, 3.8) is 0 Å². The van der Waals surface area contributed by atoms with E-state index in [1.807, 2.05) is 6.07 Å². The second-order valence-electron chi connectivity index (χ2n) is 4.20. The van der Waals surface area contributed by atoms with Crippen LogP contribution in [0.15, 0.2) is 23.2 Å². The second-order valence-corrected chi connectivity index (χ2v) is 6.47. The van der Waals surface area contributed by atoms with Crippen LogP contribution in [-0.4, -0.2) is 16.5 Å². The summed E-state index contributed by atoms with van der Waals surface area (Å²) < 4.78 is 0. The van der Waals surface area contributed by atoms with Crippen LogP contribution in [0.3, 0.4) is 0 Å². The maximum Gasteiger partial charge on any atom is 0.161 e. The highest BCUT2D eigenvalue weighted by molar-refractivity contribution is 8.14. The van der Waals surface area contributed by atoms with Crippen LogP contribution in [-0.2, 0) is 0 Å². The fourth-order valence-electron chi connectivity index (χ4n) is 1.77. The molecule has 0 spiro atoms. The lowest BCUT2D eigenvalue weighted by Crippen LogP contribution is -2.22. The van der Waals surface area contributed by atoms with E-state index >= 15 is 0 Å². The summed E-state index contributed by atoms with van der Waals surface area (Å²) in [5.41, 5.74) is 0.812. The topological polar surface area (TPSA) is 24.4 Å². The van der Waals surface area contributed by atoms with Gasteiger partial charge in [0, 0.05) is 10.3 Å². The first kappa shape index (κ1) is 13.1. The van der Waals surface area contributed by atoms with Gasteiger partial charge < -0.3 is 5.32 Å². The molecule has 0 aliphatic carbocycles. The Hall–Kier alpha value is -0.380. The third-order valence-corrected chi connectivity index (χ3v) is 4.08. The number of amidine groups is 1. The number of aliphatic imine (C=N–C) groups is 1. The molecule has 2 rings (SSSR count). The molecule has 0 saturated heterocycles. The van der Waals surface area contributed by atoms with E-state index in [4.69, 9.17) is 23.2 Å². The molecule has 0 amide bonds. The SMILES string of the molecule is CC1CC(C)SC(Nc2cc(Cl)ccc2Cl)=N1. The molecule has 92 valence electrons. The number of anilines is 1. The van der Waals surface area contributed by atoms with Crippen LogP contribution in [0.4, 0.5) is 5.69 Å². The minimum absolute atomic E-state index is 0.353. The van der Waals surface area contributed by atoms with Crippen LogP contribution in [0, 0.1) is 0 Å². The maximum absolute atomic E-state index is 6.10. The number of halogens is 2. The molecular weight excluding hydrogens is 275 g/mol. The van der Waals surface area contributed by atoms with Crippen LogP contribution in [0.5, 0.6) is 0 Å². The molecule has 1 aromatic carbocycles. The van der Waals surface area contributed by atoms with Crippen molar-refractivity contribution in [1.29, 1.82) is 0 Å². The third kappa shape index (κ3) is 3.54. The van der Waals surface area contributed by atoms with Gasteiger partial charge >= 0.3 is 0 Å². The van der Waals surface area contributed by atoms with Crippen molar-refractivity contribution in [3.05, 3.63) is 28.2 Å². The Morgan fingerprint density at radius 1 is 1.35 bits per heavy atom. The molecule has 1 heterocycles. The summed E-state index contributed by atoms with van der Waals surface area (Å²) in [6.45, 7) is 4.33. The van der Waals surface area contributed by atoms with Crippen molar-refractivity contribution in [1.82, 2.24) is 0 Å². The lowest BCUT2D eigenvalue weighted by Gasteiger charge is -2.23. The summed E-state index contributed by atoms with van der Waals surface area (Å²) in [5.74, 6) is 0. The summed E-state index contributed by atoms with van der Waals surface area (Å²) in [4.78, 5) is 4.57. The van der Waals surface area contributed by atoms with E-state index in [1.54, 1.807) is 23.9 Å². The standard InChI is InChI=1S/C12H14Cl2N2S/c1-7-5-8(2)17-12(15-7)16-11-6-9(13)3-4-10(11)14/h3-4,6-8H,5H2,1-2H3,(H,15,16). The zero-order chi connectivity index (χ0) is 12.4. The van der Waals surface area contributed by atoms with Crippen LogP contribution in [0.2, 0.25) is 10.0 Å². The van der Waals surface area contributed by atoms with Crippen LogP contribution < -0.4 is 5.32 Å². The van der Waals surface area contributed by atoms with Crippen LogP contribution in [0.25, 0.3) is 0 Å². The normalized spacial score (nSPS) is 24.4. The van der Waals surface area contributed by atoms with Crippen molar-refractivity contribution < 1.29 is 0 Å². The van der Waals surface area contributed by atoms with E-state index in [0.29, 0.717) is 21.3 Å². The zero-order valence-electron chi connectivity index (χ0n) is 9.71. The van der Waals surface area contributed by atoms with E-state index in [1.165, 1.54) is 0 Å². The van der Waals surface area contributed by atoms with Gasteiger partial charge in [0.1, 0.15) is 0 Å². The van der Waals surface area contributed by atoms with Crippen molar-refractivity contribution in [2.75, 3.05) is 5.32 Å². The van der Waals surface area contributed by atoms with Gasteiger partial charge in [-0.25, -0.2) is 0 Å². The predicted molar refractivity (Wildman–Crippen MR) is 78.7 cm³/mol. The molecule has 2 atom stereocenters. The number of rotatable bonds is 1. The van der Waals surface area contributed by atoms with Gasteiger partial charge in [0.15, 0.2) is 5.17 Å². The molecule has 1 aromatic rings. The van der Waals surface area contributed by atoms with E-state index in [2.05, 4.69) is 24.2 Å². The molecule has 0 radical (unpaired) electrons. The highest BCUT2D eigenvalue weighted by Gasteiger charge is 2.18. The minimum atomic E-state index is 0.353. The van der Waals surface area contributed by atoms with E-state index in [-0.39, 0.29) is 0 Å². The van der Waals surface area contributed by atoms with E-state index in [0.717, 1.165) is 17.3 Å². The van der Waals surface area contributed by atoms with Crippen molar-refractivity contribution in [2.24, 2.45) is 4.99 Å². The Labute approximate surface area is 116 Å². The number of nitrogens with zero attached hydrogens (tertiary/aromatic N) is 1. The first-order valence-corrected chi connectivity index (χ1v) is 7.14. The maximum atomic E-state index is 6.10. The van der Waals surface area contributed by atoms with Crippen molar-refractivity contribution in [3.8, 4) is 0 Å². The Bertz CT molecular complexity index is 448. The summed E-state index contributed by atoms with van der Waals surface area (Å²) in [6.07, 6.45) is 1.11. The minimum Gasteiger partial charge on any atom is -0.334 e. The molecule has 0 aromatic heterocycles. The highest BCUT2D eigenvalue weighted by atomic mass is 35.5. The highest BCUT2D eigenvalue weighted by Crippen LogP contribution is 2.30. The summed E-state index contributed by atoms with van der Waals surface area (Å²) >= 11 is 13.8. The molecule has 1 aliphatic rings. The number of benzene rings is 1. The first-order valence-electron chi connectivity index (χ1n) is 5.51. The monoisotopic (exact) mass is 288 g/mol. The first-order chi connectivity index (χ1) is 8.04. The number of nitrogens with one attached hydrogen (secondary N) is 1. The average molecular weight is 289 g/mol. The van der Waals surface area contributed by atoms with Gasteiger partial charge in [0.2, 0.25) is 0 Å². The molecule has 5 heteroatoms. The Balaban J connectivity index is 2.18. The Morgan fingerprint density at radius 3 is 2.82 bits per heavy atom. The van der Waals surface area contributed by atoms with E-state index in [9.17, 15) is 0 Å². The summed E-state index contributed by atoms with van der Waals surface area (Å²) in [7, 11) is 0. The predicted octanol–water partition coefficient (Wildman–Crippen LogP) is 4.68. The Morgan fingerprint density at radius 2 is 2.12 bits per heavy atom. The average Bonchev–Trinajstić information content (AvgIpc) is 2.22. The largest absolute Gasteiger partial charge is 0.334 e. The molecule has 1 N–H and O–H groups in total. The molecule has 0 saturated carbocycles. The molecule has 1 aliphatic heterocycles. The van der Waals surface area contributed by atoms with Crippen molar-refractivity contribution in [2.45, 2.75) is 31.6 Å². The van der Waals surface area contributed by atoms with Crippen LogP contribution >= 0.6 is 35.0 Å². The van der Waals surface area contributed by atoms with E-state index < -0.39 is 0 Å². The van der Waals surface area contributed by atoms with Gasteiger partial charge in [-0.3, -0.25) is 4.99 Å². The van der Waals surface area contributed by atoms with Gasteiger partial charge in [0.25, 0.3) is 0 Å². The van der Waals surface area contributed by atoms with Gasteiger partial charge in [-0.2, -0.15) is 0 Å². The lowest BCUT2D eigenvalue weighted by molar-refractivity contribution is 0.661. The smallest absolute Gasteiger partial charge is 0.161 e. The van der Waals surface area contributed by atoms with Gasteiger partial charge in [-0.15, -0.1) is 0 Å². The van der Waals surface area contributed by atoms with Gasteiger partial charge in [-0.05, 0) is 31.5 Å². The molecule has 0 fully saturated rings. The van der Waals surface area contributed by atoms with Gasteiger partial charge in [-0.1, -0.05) is 41.9 Å². The molecule has 0 bridgehead atoms. The quantitative estimate of drug-likeness (QED) is 0.812. The van der Waals surface area contributed by atoms with Gasteiger partial charge in [0.05, 0.1) is 16.8 Å². The second kappa shape index (κ2) is 5.51. The number of thioether (sulfide) groups is 1. The van der Waals surface area contributed by atoms with Crippen molar-refractivity contribution >= 4 is 45.8 Å². The molecule has 2 nitrogen and oxygen atoms in total. The summed E-state index contributed by atoms with van der Waals surface area (Å²) in [6, 6.07) is 5.73. The Kier molecular flexibility index (Phi) is 4.23. The molecule has 2 unspecified atom stereocenters. The third-order valence-electron chi connectivity index (χ3n) is 2.49. The zero-order valence-corrected chi connectivity index (χ0v) is 12.0. The van der Waals surface area contributed by atoms with Crippen LogP contribution in [0.1, 0.15) is 20.3 Å². The fourth-order valence-corrected chi connectivity index (χ4v) is 3.28. The lowest BCUT2D eigenvalue weighted by atomic mass is 10.2. The number of hydrogen-bond donors (Lipinski definition) is 1. The summed E-state index contributed by atoms with van der Waals surface area (Å²) in [5, 5.41) is 6.06. The fraction of sp³-hybridized carbons (Fsp3) is 0.417. The number of hydrogen-bond acceptors (Lipinski definition) is 3. The molecular formula is C12H14Cl2N2S.